The zero-order valence-electron chi connectivity index (χ0n) is 14.2. The summed E-state index contributed by atoms with van der Waals surface area (Å²) < 4.78 is 26.2. The summed E-state index contributed by atoms with van der Waals surface area (Å²) in [5, 5.41) is 13.1. The maximum absolute atomic E-state index is 13.2. The number of carbonyl (C=O) groups excluding carboxylic acids is 2. The van der Waals surface area contributed by atoms with Crippen LogP contribution in [0.15, 0.2) is 42.5 Å². The molecular formula is C19H17ClF2N2O3. The molecule has 0 aromatic heterocycles. The summed E-state index contributed by atoms with van der Waals surface area (Å²) >= 11 is 5.94. The van der Waals surface area contributed by atoms with E-state index >= 15 is 0 Å². The SMILES string of the molecule is O=C(NC[C@@H](O)c1ccc(F)c(F)c1)[C@@H]1CC(=O)N(c2cccc(Cl)c2)C1. The van der Waals surface area contributed by atoms with Crippen LogP contribution in [0, 0.1) is 17.6 Å². The van der Waals surface area contributed by atoms with Crippen LogP contribution in [0.25, 0.3) is 0 Å². The van der Waals surface area contributed by atoms with E-state index in [0.29, 0.717) is 10.7 Å². The van der Waals surface area contributed by atoms with Crippen molar-refractivity contribution in [2.45, 2.75) is 12.5 Å². The van der Waals surface area contributed by atoms with Gasteiger partial charge < -0.3 is 15.3 Å². The third-order valence-corrected chi connectivity index (χ3v) is 4.65. The summed E-state index contributed by atoms with van der Waals surface area (Å²) in [4.78, 5) is 26.0. The lowest BCUT2D eigenvalue weighted by atomic mass is 10.1. The molecule has 0 bridgehead atoms. The van der Waals surface area contributed by atoms with Gasteiger partial charge in [-0.05, 0) is 35.9 Å². The molecule has 0 unspecified atom stereocenters. The number of hydrogen-bond acceptors (Lipinski definition) is 3. The fourth-order valence-corrected chi connectivity index (χ4v) is 3.14. The van der Waals surface area contributed by atoms with Crippen molar-refractivity contribution in [1.29, 1.82) is 0 Å². The van der Waals surface area contributed by atoms with Crippen LogP contribution in [-0.4, -0.2) is 30.0 Å². The Bertz CT molecular complexity index is 878. The summed E-state index contributed by atoms with van der Waals surface area (Å²) in [7, 11) is 0. The standard InChI is InChI=1S/C19H17ClF2N2O3/c20-13-2-1-3-14(8-13)24-10-12(7-18(24)26)19(27)23-9-17(25)11-4-5-15(21)16(22)6-11/h1-6,8,12,17,25H,7,9-10H2,(H,23,27)/t12-,17-/m1/s1. The largest absolute Gasteiger partial charge is 0.387 e. The number of hydrogen-bond donors (Lipinski definition) is 2. The number of halogens is 3. The number of nitrogens with zero attached hydrogens (tertiary/aromatic N) is 1. The van der Waals surface area contributed by atoms with Crippen LogP contribution in [0.2, 0.25) is 5.02 Å². The molecule has 1 aliphatic heterocycles. The maximum atomic E-state index is 13.2. The fourth-order valence-electron chi connectivity index (χ4n) is 2.96. The molecule has 2 aromatic carbocycles. The number of anilines is 1. The molecule has 0 aliphatic carbocycles. The van der Waals surface area contributed by atoms with Crippen LogP contribution < -0.4 is 10.2 Å². The maximum Gasteiger partial charge on any atom is 0.227 e. The molecule has 5 nitrogen and oxygen atoms in total. The second-order valence-corrected chi connectivity index (χ2v) is 6.76. The average molecular weight is 395 g/mol. The Morgan fingerprint density at radius 1 is 1.26 bits per heavy atom. The van der Waals surface area contributed by atoms with Gasteiger partial charge >= 0.3 is 0 Å². The Morgan fingerprint density at radius 2 is 2.04 bits per heavy atom. The fraction of sp³-hybridized carbons (Fsp3) is 0.263. The lowest BCUT2D eigenvalue weighted by Crippen LogP contribution is -2.35. The predicted octanol–water partition coefficient (Wildman–Crippen LogP) is 2.82. The highest BCUT2D eigenvalue weighted by atomic mass is 35.5. The summed E-state index contributed by atoms with van der Waals surface area (Å²) in [5.74, 6) is -3.25. The van der Waals surface area contributed by atoms with E-state index in [-0.39, 0.29) is 31.0 Å². The van der Waals surface area contributed by atoms with E-state index in [0.717, 1.165) is 12.1 Å². The van der Waals surface area contributed by atoms with Gasteiger partial charge in [0, 0.05) is 30.2 Å². The van der Waals surface area contributed by atoms with Crippen LogP contribution in [-0.2, 0) is 9.59 Å². The molecule has 1 fully saturated rings. The molecule has 2 aromatic rings. The molecule has 0 radical (unpaired) electrons. The van der Waals surface area contributed by atoms with Gasteiger partial charge in [-0.2, -0.15) is 0 Å². The van der Waals surface area contributed by atoms with Crippen molar-refractivity contribution in [3.05, 3.63) is 64.7 Å². The minimum Gasteiger partial charge on any atom is -0.387 e. The zero-order chi connectivity index (χ0) is 19.6. The first-order valence-electron chi connectivity index (χ1n) is 8.32. The highest BCUT2D eigenvalue weighted by Gasteiger charge is 2.35. The van der Waals surface area contributed by atoms with E-state index < -0.39 is 29.6 Å². The molecule has 1 aliphatic rings. The molecule has 0 saturated carbocycles. The predicted molar refractivity (Wildman–Crippen MR) is 96.2 cm³/mol. The van der Waals surface area contributed by atoms with Gasteiger partial charge in [0.15, 0.2) is 11.6 Å². The number of aliphatic hydroxyl groups is 1. The van der Waals surface area contributed by atoms with Crippen LogP contribution in [0.3, 0.4) is 0 Å². The van der Waals surface area contributed by atoms with Crippen molar-refractivity contribution >= 4 is 29.1 Å². The Labute approximate surface area is 159 Å². The Balaban J connectivity index is 1.58. The number of amides is 2. The van der Waals surface area contributed by atoms with E-state index in [1.165, 1.54) is 11.0 Å². The number of benzene rings is 2. The van der Waals surface area contributed by atoms with Gasteiger partial charge in [0.1, 0.15) is 0 Å². The first-order valence-corrected chi connectivity index (χ1v) is 8.69. The molecule has 1 heterocycles. The molecule has 2 amide bonds. The van der Waals surface area contributed by atoms with Gasteiger partial charge in [-0.15, -0.1) is 0 Å². The molecule has 1 saturated heterocycles. The van der Waals surface area contributed by atoms with Gasteiger partial charge in [-0.25, -0.2) is 8.78 Å². The van der Waals surface area contributed by atoms with E-state index in [4.69, 9.17) is 11.6 Å². The van der Waals surface area contributed by atoms with Gasteiger partial charge in [-0.3, -0.25) is 9.59 Å². The molecular weight excluding hydrogens is 378 g/mol. The minimum absolute atomic E-state index is 0.0413. The van der Waals surface area contributed by atoms with Crippen LogP contribution >= 0.6 is 11.6 Å². The highest BCUT2D eigenvalue weighted by Crippen LogP contribution is 2.27. The second-order valence-electron chi connectivity index (χ2n) is 6.32. The Kier molecular flexibility index (Phi) is 5.72. The molecule has 3 rings (SSSR count). The molecule has 2 N–H and O–H groups in total. The van der Waals surface area contributed by atoms with Gasteiger partial charge in [0.05, 0.1) is 12.0 Å². The number of carbonyl (C=O) groups is 2. The topological polar surface area (TPSA) is 69.6 Å². The quantitative estimate of drug-likeness (QED) is 0.819. The van der Waals surface area contributed by atoms with Gasteiger partial charge in [-0.1, -0.05) is 23.7 Å². The molecule has 27 heavy (non-hydrogen) atoms. The van der Waals surface area contributed by atoms with Gasteiger partial charge in [0.2, 0.25) is 11.8 Å². The Morgan fingerprint density at radius 3 is 2.74 bits per heavy atom. The van der Waals surface area contributed by atoms with E-state index in [1.54, 1.807) is 24.3 Å². The van der Waals surface area contributed by atoms with E-state index in [2.05, 4.69) is 5.32 Å². The lowest BCUT2D eigenvalue weighted by molar-refractivity contribution is -0.126. The van der Waals surface area contributed by atoms with Crippen LogP contribution in [0.4, 0.5) is 14.5 Å². The number of aliphatic hydroxyl groups excluding tert-OH is 1. The minimum atomic E-state index is -1.19. The normalized spacial score (nSPS) is 17.9. The lowest BCUT2D eigenvalue weighted by Gasteiger charge is -2.17. The molecule has 142 valence electrons. The highest BCUT2D eigenvalue weighted by molar-refractivity contribution is 6.31. The summed E-state index contributed by atoms with van der Waals surface area (Å²) in [6.07, 6.45) is -1.15. The van der Waals surface area contributed by atoms with Crippen molar-refractivity contribution in [1.82, 2.24) is 5.32 Å². The van der Waals surface area contributed by atoms with Crippen molar-refractivity contribution in [3.8, 4) is 0 Å². The third-order valence-electron chi connectivity index (χ3n) is 4.41. The summed E-state index contributed by atoms with van der Waals surface area (Å²) in [5.41, 5.74) is 0.766. The monoisotopic (exact) mass is 394 g/mol. The van der Waals surface area contributed by atoms with E-state index in [9.17, 15) is 23.5 Å². The van der Waals surface area contributed by atoms with Crippen molar-refractivity contribution < 1.29 is 23.5 Å². The smallest absolute Gasteiger partial charge is 0.227 e. The van der Waals surface area contributed by atoms with Gasteiger partial charge in [0.25, 0.3) is 0 Å². The Hall–Kier alpha value is -2.51. The van der Waals surface area contributed by atoms with Crippen LogP contribution in [0.1, 0.15) is 18.1 Å². The van der Waals surface area contributed by atoms with Crippen molar-refractivity contribution in [2.24, 2.45) is 5.92 Å². The number of rotatable bonds is 5. The second kappa shape index (κ2) is 8.02. The summed E-state index contributed by atoms with van der Waals surface area (Å²) in [6, 6.07) is 9.82. The average Bonchev–Trinajstić information content (AvgIpc) is 3.03. The third kappa shape index (κ3) is 4.43. The van der Waals surface area contributed by atoms with Crippen molar-refractivity contribution in [3.63, 3.8) is 0 Å². The first kappa shape index (κ1) is 19.3. The number of nitrogens with one attached hydrogen (secondary N) is 1. The zero-order valence-corrected chi connectivity index (χ0v) is 14.9. The van der Waals surface area contributed by atoms with Crippen LogP contribution in [0.5, 0.6) is 0 Å². The molecule has 2 atom stereocenters. The van der Waals surface area contributed by atoms with E-state index in [1.807, 2.05) is 0 Å². The van der Waals surface area contributed by atoms with Crippen molar-refractivity contribution in [2.75, 3.05) is 18.0 Å². The molecule has 0 spiro atoms. The first-order chi connectivity index (χ1) is 12.8. The molecule has 8 heteroatoms. The summed E-state index contributed by atoms with van der Waals surface area (Å²) in [6.45, 7) is 0.0258.